The molecule has 0 bridgehead atoms. The van der Waals surface area contributed by atoms with Crippen LogP contribution in [-0.2, 0) is 9.53 Å². The molecule has 96 valence electrons. The monoisotopic (exact) mass is 247 g/mol. The number of pyridine rings is 1. The third kappa shape index (κ3) is 4.27. The molecule has 0 atom stereocenters. The highest BCUT2D eigenvalue weighted by molar-refractivity contribution is 5.98. The summed E-state index contributed by atoms with van der Waals surface area (Å²) in [5.41, 5.74) is 0. The van der Waals surface area contributed by atoms with Crippen LogP contribution in [0.5, 0.6) is 0 Å². The lowest BCUT2D eigenvalue weighted by Crippen LogP contribution is -2.36. The molecular formula is C13H17N3O2. The molecule has 1 aromatic heterocycles. The average Bonchev–Trinajstić information content (AvgIpc) is 2.41. The Balaban J connectivity index is 1.73. The molecule has 5 heteroatoms. The van der Waals surface area contributed by atoms with Crippen molar-refractivity contribution in [1.29, 1.82) is 0 Å². The zero-order valence-electron chi connectivity index (χ0n) is 10.2. The molecule has 1 aliphatic heterocycles. The van der Waals surface area contributed by atoms with Gasteiger partial charge in [0.05, 0.1) is 13.2 Å². The summed E-state index contributed by atoms with van der Waals surface area (Å²) in [6.07, 6.45) is 5.06. The summed E-state index contributed by atoms with van der Waals surface area (Å²) in [6.45, 7) is 4.17. The maximum absolute atomic E-state index is 11.6. The van der Waals surface area contributed by atoms with Crippen LogP contribution in [0.15, 0.2) is 36.5 Å². The molecule has 0 radical (unpaired) electrons. The molecule has 5 nitrogen and oxygen atoms in total. The Morgan fingerprint density at radius 2 is 2.28 bits per heavy atom. The van der Waals surface area contributed by atoms with E-state index in [1.54, 1.807) is 18.3 Å². The van der Waals surface area contributed by atoms with Crippen LogP contribution < -0.4 is 5.32 Å². The number of morpholine rings is 1. The number of carbonyl (C=O) groups excluding carboxylic acids is 1. The van der Waals surface area contributed by atoms with Crippen LogP contribution in [-0.4, -0.2) is 48.6 Å². The van der Waals surface area contributed by atoms with E-state index >= 15 is 0 Å². The van der Waals surface area contributed by atoms with E-state index in [1.165, 1.54) is 0 Å². The first-order valence-corrected chi connectivity index (χ1v) is 6.03. The summed E-state index contributed by atoms with van der Waals surface area (Å²) < 4.78 is 5.25. The first-order chi connectivity index (χ1) is 8.84. The van der Waals surface area contributed by atoms with Crippen molar-refractivity contribution in [3.63, 3.8) is 0 Å². The van der Waals surface area contributed by atoms with Crippen LogP contribution in [0.1, 0.15) is 0 Å². The minimum atomic E-state index is -0.151. The summed E-state index contributed by atoms with van der Waals surface area (Å²) in [4.78, 5) is 17.8. The topological polar surface area (TPSA) is 54.5 Å². The van der Waals surface area contributed by atoms with E-state index in [1.807, 2.05) is 18.2 Å². The summed E-state index contributed by atoms with van der Waals surface area (Å²) >= 11 is 0. The molecule has 0 spiro atoms. The summed E-state index contributed by atoms with van der Waals surface area (Å²) in [7, 11) is 0. The molecule has 1 amide bonds. The van der Waals surface area contributed by atoms with Gasteiger partial charge in [0.2, 0.25) is 5.91 Å². The molecule has 2 heterocycles. The van der Waals surface area contributed by atoms with Crippen LogP contribution in [0.3, 0.4) is 0 Å². The molecule has 0 unspecified atom stereocenters. The van der Waals surface area contributed by atoms with Crippen molar-refractivity contribution in [3.8, 4) is 0 Å². The lowest BCUT2D eigenvalue weighted by Gasteiger charge is -2.24. The van der Waals surface area contributed by atoms with Gasteiger partial charge in [-0.3, -0.25) is 9.69 Å². The number of hydrogen-bond donors (Lipinski definition) is 1. The van der Waals surface area contributed by atoms with Gasteiger partial charge in [0.15, 0.2) is 0 Å². The lowest BCUT2D eigenvalue weighted by molar-refractivity contribution is -0.111. The number of ether oxygens (including phenoxy) is 1. The Morgan fingerprint density at radius 3 is 3.00 bits per heavy atom. The Bertz CT molecular complexity index is 400. The Hall–Kier alpha value is -1.72. The first-order valence-electron chi connectivity index (χ1n) is 6.03. The highest BCUT2D eigenvalue weighted by atomic mass is 16.5. The van der Waals surface area contributed by atoms with E-state index in [4.69, 9.17) is 4.74 Å². The Kier molecular flexibility index (Phi) is 4.87. The van der Waals surface area contributed by atoms with Gasteiger partial charge in [-0.1, -0.05) is 12.1 Å². The van der Waals surface area contributed by atoms with Crippen molar-refractivity contribution < 1.29 is 9.53 Å². The number of amides is 1. The molecule has 0 saturated carbocycles. The lowest BCUT2D eigenvalue weighted by atomic mass is 10.3. The zero-order chi connectivity index (χ0) is 12.6. The summed E-state index contributed by atoms with van der Waals surface area (Å²) in [5.74, 6) is 0.417. The van der Waals surface area contributed by atoms with Crippen LogP contribution in [0.25, 0.3) is 0 Å². The van der Waals surface area contributed by atoms with Gasteiger partial charge in [0.25, 0.3) is 0 Å². The number of aromatic nitrogens is 1. The molecule has 18 heavy (non-hydrogen) atoms. The highest BCUT2D eigenvalue weighted by Crippen LogP contribution is 2.00. The number of rotatable bonds is 4. The predicted octanol–water partition coefficient (Wildman–Crippen LogP) is 0.908. The number of anilines is 1. The molecule has 0 aromatic carbocycles. The van der Waals surface area contributed by atoms with E-state index in [0.717, 1.165) is 32.8 Å². The van der Waals surface area contributed by atoms with E-state index in [2.05, 4.69) is 15.2 Å². The van der Waals surface area contributed by atoms with E-state index in [0.29, 0.717) is 5.82 Å². The minimum Gasteiger partial charge on any atom is -0.379 e. The molecule has 0 aliphatic carbocycles. The Labute approximate surface area is 106 Å². The normalized spacial score (nSPS) is 16.9. The third-order valence-corrected chi connectivity index (χ3v) is 2.65. The van der Waals surface area contributed by atoms with Gasteiger partial charge in [-0.05, 0) is 12.1 Å². The fourth-order valence-electron chi connectivity index (χ4n) is 1.70. The molecule has 1 aliphatic rings. The van der Waals surface area contributed by atoms with Crippen molar-refractivity contribution in [2.75, 3.05) is 38.2 Å². The van der Waals surface area contributed by atoms with Gasteiger partial charge in [0.1, 0.15) is 5.82 Å². The average molecular weight is 247 g/mol. The smallest absolute Gasteiger partial charge is 0.249 e. The second-order valence-electron chi connectivity index (χ2n) is 4.02. The second kappa shape index (κ2) is 6.88. The predicted molar refractivity (Wildman–Crippen MR) is 69.3 cm³/mol. The Morgan fingerprint density at radius 1 is 1.44 bits per heavy atom. The van der Waals surface area contributed by atoms with Crippen molar-refractivity contribution >= 4 is 11.7 Å². The van der Waals surface area contributed by atoms with Gasteiger partial charge in [-0.15, -0.1) is 0 Å². The molecule has 1 saturated heterocycles. The zero-order valence-corrected chi connectivity index (χ0v) is 10.2. The summed E-state index contributed by atoms with van der Waals surface area (Å²) in [5, 5.41) is 2.70. The van der Waals surface area contributed by atoms with Gasteiger partial charge < -0.3 is 10.1 Å². The van der Waals surface area contributed by atoms with Crippen molar-refractivity contribution in [2.45, 2.75) is 0 Å². The van der Waals surface area contributed by atoms with E-state index in [9.17, 15) is 4.79 Å². The SMILES string of the molecule is O=C(/C=C/CN1CCOCC1)Nc1ccccn1. The maximum atomic E-state index is 11.6. The quantitative estimate of drug-likeness (QED) is 0.803. The standard InChI is InChI=1S/C13H17N3O2/c17-13(15-12-4-1-2-6-14-12)5-3-7-16-8-10-18-11-9-16/h1-6H,7-11H2,(H,14,15,17)/b5-3+. The van der Waals surface area contributed by atoms with E-state index in [-0.39, 0.29) is 5.91 Å². The minimum absolute atomic E-state index is 0.151. The van der Waals surface area contributed by atoms with Crippen molar-refractivity contribution in [1.82, 2.24) is 9.88 Å². The van der Waals surface area contributed by atoms with Crippen LogP contribution in [0.2, 0.25) is 0 Å². The fourth-order valence-corrected chi connectivity index (χ4v) is 1.70. The van der Waals surface area contributed by atoms with E-state index < -0.39 is 0 Å². The third-order valence-electron chi connectivity index (χ3n) is 2.65. The van der Waals surface area contributed by atoms with Gasteiger partial charge in [-0.2, -0.15) is 0 Å². The summed E-state index contributed by atoms with van der Waals surface area (Å²) in [6, 6.07) is 5.40. The molecule has 1 aromatic rings. The molecule has 2 rings (SSSR count). The van der Waals surface area contributed by atoms with Gasteiger partial charge in [-0.25, -0.2) is 4.98 Å². The maximum Gasteiger partial charge on any atom is 0.249 e. The van der Waals surface area contributed by atoms with Gasteiger partial charge >= 0.3 is 0 Å². The number of nitrogens with zero attached hydrogens (tertiary/aromatic N) is 2. The largest absolute Gasteiger partial charge is 0.379 e. The molecule has 1 fully saturated rings. The number of hydrogen-bond acceptors (Lipinski definition) is 4. The van der Waals surface area contributed by atoms with Crippen LogP contribution >= 0.6 is 0 Å². The van der Waals surface area contributed by atoms with Crippen LogP contribution in [0.4, 0.5) is 5.82 Å². The van der Waals surface area contributed by atoms with Crippen LogP contribution in [0, 0.1) is 0 Å². The highest BCUT2D eigenvalue weighted by Gasteiger charge is 2.07. The number of carbonyl (C=O) groups is 1. The molecular weight excluding hydrogens is 230 g/mol. The fraction of sp³-hybridized carbons (Fsp3) is 0.385. The van der Waals surface area contributed by atoms with Crippen molar-refractivity contribution in [3.05, 3.63) is 36.5 Å². The van der Waals surface area contributed by atoms with Crippen molar-refractivity contribution in [2.24, 2.45) is 0 Å². The molecule has 1 N–H and O–H groups in total. The van der Waals surface area contributed by atoms with Gasteiger partial charge in [0, 0.05) is 31.9 Å². The number of nitrogens with one attached hydrogen (secondary N) is 1. The second-order valence-corrected chi connectivity index (χ2v) is 4.02. The first kappa shape index (κ1) is 12.7.